The second-order valence-corrected chi connectivity index (χ2v) is 10.1. The number of carbonyl (C=O) groups excluding carboxylic acids is 2. The number of phenols is 4. The molecule has 0 radical (unpaired) electrons. The zero-order valence-electron chi connectivity index (χ0n) is 23.4. The molecule has 0 aromatic heterocycles. The normalized spacial score (nSPS) is 10.8. The van der Waals surface area contributed by atoms with Crippen LogP contribution in [0.1, 0.15) is 48.8 Å². The molecule has 0 saturated carbocycles. The summed E-state index contributed by atoms with van der Waals surface area (Å²) in [7, 11) is 0. The van der Waals surface area contributed by atoms with E-state index in [-0.39, 0.29) is 47.7 Å². The number of phenolic OH excluding ortho intramolecular Hbond substituents is 4. The van der Waals surface area contributed by atoms with Crippen LogP contribution in [0.25, 0.3) is 0 Å². The molecule has 0 aliphatic rings. The van der Waals surface area contributed by atoms with E-state index in [2.05, 4.69) is 22.8 Å². The van der Waals surface area contributed by atoms with E-state index < -0.39 is 0 Å². The van der Waals surface area contributed by atoms with Crippen LogP contribution in [-0.4, -0.2) is 63.3 Å². The summed E-state index contributed by atoms with van der Waals surface area (Å²) in [5, 5.41) is 44.6. The predicted molar refractivity (Wildman–Crippen MR) is 158 cm³/mol. The summed E-state index contributed by atoms with van der Waals surface area (Å²) >= 11 is 0. The highest BCUT2D eigenvalue weighted by atomic mass is 16.3. The van der Waals surface area contributed by atoms with Crippen molar-refractivity contribution in [3.05, 3.63) is 83.4 Å². The molecule has 9 nitrogen and oxygen atoms in total. The van der Waals surface area contributed by atoms with Crippen molar-refractivity contribution in [3.63, 3.8) is 0 Å². The molecule has 0 spiro atoms. The van der Waals surface area contributed by atoms with Crippen LogP contribution in [0.4, 0.5) is 0 Å². The highest BCUT2D eigenvalue weighted by Crippen LogP contribution is 2.26. The van der Waals surface area contributed by atoms with Crippen molar-refractivity contribution in [3.8, 4) is 23.0 Å². The number of aryl methyl sites for hydroxylation is 2. The molecule has 2 amide bonds. The lowest BCUT2D eigenvalue weighted by molar-refractivity contribution is -0.131. The molecule has 0 unspecified atom stereocenters. The molecule has 0 atom stereocenters. The molecule has 0 saturated heterocycles. The highest BCUT2D eigenvalue weighted by molar-refractivity contribution is 5.77. The van der Waals surface area contributed by atoms with E-state index in [0.717, 1.165) is 37.1 Å². The van der Waals surface area contributed by atoms with Crippen molar-refractivity contribution < 1.29 is 30.0 Å². The first kappa shape index (κ1) is 31.3. The molecule has 0 fully saturated rings. The Morgan fingerprint density at radius 3 is 1.88 bits per heavy atom. The van der Waals surface area contributed by atoms with Crippen molar-refractivity contribution in [2.45, 2.75) is 51.5 Å². The van der Waals surface area contributed by atoms with Crippen molar-refractivity contribution in [1.82, 2.24) is 15.5 Å². The van der Waals surface area contributed by atoms with Gasteiger partial charge in [0, 0.05) is 39.0 Å². The lowest BCUT2D eigenvalue weighted by Gasteiger charge is -2.23. The number of hydrogen-bond donors (Lipinski definition) is 6. The summed E-state index contributed by atoms with van der Waals surface area (Å²) in [5.74, 6) is -0.900. The van der Waals surface area contributed by atoms with Gasteiger partial charge in [-0.25, -0.2) is 0 Å². The Labute approximate surface area is 241 Å². The first-order valence-corrected chi connectivity index (χ1v) is 14.1. The number of carbonyl (C=O) groups is 2. The number of aromatic hydroxyl groups is 4. The first-order chi connectivity index (χ1) is 19.8. The Morgan fingerprint density at radius 2 is 1.24 bits per heavy atom. The van der Waals surface area contributed by atoms with Gasteiger partial charge < -0.3 is 36.0 Å². The van der Waals surface area contributed by atoms with Crippen LogP contribution in [0.15, 0.2) is 66.7 Å². The average Bonchev–Trinajstić information content (AvgIpc) is 2.97. The minimum atomic E-state index is -0.207. The second-order valence-electron chi connectivity index (χ2n) is 10.1. The highest BCUT2D eigenvalue weighted by Gasteiger charge is 2.14. The Kier molecular flexibility index (Phi) is 12.8. The summed E-state index contributed by atoms with van der Waals surface area (Å²) in [6.45, 7) is 3.22. The third kappa shape index (κ3) is 11.4. The molecule has 3 aromatic rings. The van der Waals surface area contributed by atoms with E-state index in [1.807, 2.05) is 23.1 Å². The smallest absolute Gasteiger partial charge is 0.222 e. The average molecular weight is 564 g/mol. The van der Waals surface area contributed by atoms with E-state index in [9.17, 15) is 30.0 Å². The number of rotatable bonds is 17. The van der Waals surface area contributed by atoms with Gasteiger partial charge in [0.2, 0.25) is 11.8 Å². The van der Waals surface area contributed by atoms with Gasteiger partial charge in [-0.1, -0.05) is 42.5 Å². The Balaban J connectivity index is 1.41. The molecule has 3 rings (SSSR count). The van der Waals surface area contributed by atoms with E-state index in [0.29, 0.717) is 38.9 Å². The van der Waals surface area contributed by atoms with E-state index in [1.54, 1.807) is 12.1 Å². The summed E-state index contributed by atoms with van der Waals surface area (Å²) in [4.78, 5) is 27.2. The van der Waals surface area contributed by atoms with Crippen molar-refractivity contribution >= 4 is 11.8 Å². The van der Waals surface area contributed by atoms with Gasteiger partial charge in [-0.05, 0) is 79.6 Å². The van der Waals surface area contributed by atoms with Gasteiger partial charge in [-0.15, -0.1) is 0 Å². The number of nitrogens with zero attached hydrogens (tertiary/aromatic N) is 1. The van der Waals surface area contributed by atoms with Crippen LogP contribution in [0, 0.1) is 0 Å². The molecule has 41 heavy (non-hydrogen) atoms. The molecule has 3 aromatic carbocycles. The van der Waals surface area contributed by atoms with Gasteiger partial charge in [0.25, 0.3) is 0 Å². The third-order valence-electron chi connectivity index (χ3n) is 6.83. The number of unbranched alkanes of at least 4 members (excludes halogenated alkanes) is 1. The first-order valence-electron chi connectivity index (χ1n) is 14.1. The number of hydrogen-bond acceptors (Lipinski definition) is 7. The van der Waals surface area contributed by atoms with Gasteiger partial charge in [0.05, 0.1) is 0 Å². The fourth-order valence-corrected chi connectivity index (χ4v) is 4.44. The molecule has 0 aliphatic carbocycles. The third-order valence-corrected chi connectivity index (χ3v) is 6.83. The van der Waals surface area contributed by atoms with Gasteiger partial charge in [0.15, 0.2) is 23.0 Å². The molecule has 220 valence electrons. The summed E-state index contributed by atoms with van der Waals surface area (Å²) < 4.78 is 0. The van der Waals surface area contributed by atoms with Crippen LogP contribution in [0.2, 0.25) is 0 Å². The van der Waals surface area contributed by atoms with Crippen LogP contribution >= 0.6 is 0 Å². The molecular weight excluding hydrogens is 522 g/mol. The van der Waals surface area contributed by atoms with E-state index >= 15 is 0 Å². The lowest BCUT2D eigenvalue weighted by atomic mass is 10.1. The van der Waals surface area contributed by atoms with Crippen molar-refractivity contribution in [1.29, 1.82) is 0 Å². The van der Waals surface area contributed by atoms with Crippen molar-refractivity contribution in [2.24, 2.45) is 0 Å². The Bertz CT molecular complexity index is 1250. The SMILES string of the molecule is O=C(CCc1ccc(O)c(O)c1)NCCCN(CCCCNCc1ccccc1)C(=O)CCc1ccc(O)c(O)c1. The van der Waals surface area contributed by atoms with E-state index in [4.69, 9.17) is 0 Å². The molecule has 6 N–H and O–H groups in total. The minimum Gasteiger partial charge on any atom is -0.504 e. The van der Waals surface area contributed by atoms with Crippen LogP contribution in [-0.2, 0) is 29.0 Å². The second kappa shape index (κ2) is 16.8. The molecular formula is C32H41N3O6. The quantitative estimate of drug-likeness (QED) is 0.108. The molecule has 0 bridgehead atoms. The van der Waals surface area contributed by atoms with Gasteiger partial charge >= 0.3 is 0 Å². The van der Waals surface area contributed by atoms with Gasteiger partial charge in [-0.2, -0.15) is 0 Å². The fraction of sp³-hybridized carbons (Fsp3) is 0.375. The summed E-state index contributed by atoms with van der Waals surface area (Å²) in [6.07, 6.45) is 3.81. The summed E-state index contributed by atoms with van der Waals surface area (Å²) in [6, 6.07) is 19.3. The van der Waals surface area contributed by atoms with Crippen LogP contribution in [0.5, 0.6) is 23.0 Å². The van der Waals surface area contributed by atoms with Crippen molar-refractivity contribution in [2.75, 3.05) is 26.2 Å². The number of amides is 2. The monoisotopic (exact) mass is 563 g/mol. The van der Waals surface area contributed by atoms with Gasteiger partial charge in [0.1, 0.15) is 0 Å². The van der Waals surface area contributed by atoms with Gasteiger partial charge in [-0.3, -0.25) is 9.59 Å². The Hall–Kier alpha value is -4.24. The zero-order valence-corrected chi connectivity index (χ0v) is 23.4. The minimum absolute atomic E-state index is 0.00766. The van der Waals surface area contributed by atoms with Crippen LogP contribution < -0.4 is 10.6 Å². The van der Waals surface area contributed by atoms with E-state index in [1.165, 1.54) is 29.8 Å². The maximum Gasteiger partial charge on any atom is 0.222 e. The maximum atomic E-state index is 13.1. The lowest BCUT2D eigenvalue weighted by Crippen LogP contribution is -2.35. The Morgan fingerprint density at radius 1 is 0.634 bits per heavy atom. The van der Waals surface area contributed by atoms with Crippen LogP contribution in [0.3, 0.4) is 0 Å². The number of benzene rings is 3. The molecule has 0 aliphatic heterocycles. The fourth-order valence-electron chi connectivity index (χ4n) is 4.44. The topological polar surface area (TPSA) is 142 Å². The summed E-state index contributed by atoms with van der Waals surface area (Å²) in [5.41, 5.74) is 2.76. The predicted octanol–water partition coefficient (Wildman–Crippen LogP) is 3.98. The molecule has 0 heterocycles. The number of nitrogens with one attached hydrogen (secondary N) is 2. The maximum absolute atomic E-state index is 13.1. The zero-order chi connectivity index (χ0) is 29.5. The largest absolute Gasteiger partial charge is 0.504 e. The standard InChI is InChI=1S/C32H41N3O6/c36-27-13-9-24(21-29(27)38)11-15-31(40)34-18-6-20-35(19-5-4-17-33-23-26-7-2-1-3-8-26)32(41)16-12-25-10-14-28(37)30(39)22-25/h1-3,7-10,13-14,21-22,33,36-39H,4-6,11-12,15-20,23H2,(H,34,40). The molecule has 9 heteroatoms.